The van der Waals surface area contributed by atoms with E-state index in [4.69, 9.17) is 16.3 Å². The third kappa shape index (κ3) is 7.51. The smallest absolute Gasteiger partial charge is 0.258 e. The highest BCUT2D eigenvalue weighted by atomic mass is 35.5. The quantitative estimate of drug-likeness (QED) is 0.343. The van der Waals surface area contributed by atoms with E-state index in [9.17, 15) is 4.79 Å². The predicted octanol–water partition coefficient (Wildman–Crippen LogP) is 3.49. The Morgan fingerprint density at radius 1 is 1.19 bits per heavy atom. The van der Waals surface area contributed by atoms with Crippen molar-refractivity contribution < 1.29 is 9.53 Å². The van der Waals surface area contributed by atoms with Crippen LogP contribution in [0.4, 0.5) is 0 Å². The molecule has 0 radical (unpaired) electrons. The zero-order chi connectivity index (χ0) is 23.0. The predicted molar refractivity (Wildman–Crippen MR) is 126 cm³/mol. The van der Waals surface area contributed by atoms with E-state index in [1.807, 2.05) is 57.2 Å². The summed E-state index contributed by atoms with van der Waals surface area (Å²) in [4.78, 5) is 12.1. The number of para-hydroxylation sites is 1. The van der Waals surface area contributed by atoms with Gasteiger partial charge in [-0.05, 0) is 61.5 Å². The van der Waals surface area contributed by atoms with Gasteiger partial charge in [-0.2, -0.15) is 4.68 Å². The van der Waals surface area contributed by atoms with Crippen LogP contribution in [0.3, 0.4) is 0 Å². The molecule has 0 atom stereocenters. The fraction of sp³-hybridized carbons (Fsp3) is 0.364. The number of rotatable bonds is 10. The molecule has 2 N–H and O–H groups in total. The highest BCUT2D eigenvalue weighted by Gasteiger charge is 2.15. The number of tetrazole rings is 1. The van der Waals surface area contributed by atoms with Gasteiger partial charge in [-0.3, -0.25) is 4.79 Å². The Kier molecular flexibility index (Phi) is 8.49. The molecule has 0 saturated heterocycles. The van der Waals surface area contributed by atoms with Gasteiger partial charge in [-0.25, -0.2) is 0 Å². The lowest BCUT2D eigenvalue weighted by Crippen LogP contribution is -2.43. The number of halogens is 1. The summed E-state index contributed by atoms with van der Waals surface area (Å²) in [6.45, 7) is 7.02. The van der Waals surface area contributed by atoms with Crippen molar-refractivity contribution >= 4 is 29.3 Å². The van der Waals surface area contributed by atoms with Gasteiger partial charge in [0.05, 0.1) is 5.69 Å². The lowest BCUT2D eigenvalue weighted by Gasteiger charge is -2.21. The molecule has 0 saturated carbocycles. The number of thioether (sulfide) groups is 1. The Morgan fingerprint density at radius 3 is 2.72 bits per heavy atom. The molecule has 0 fully saturated rings. The van der Waals surface area contributed by atoms with Crippen molar-refractivity contribution in [2.45, 2.75) is 38.0 Å². The Bertz CT molecular complexity index is 1020. The van der Waals surface area contributed by atoms with Crippen molar-refractivity contribution in [3.05, 3.63) is 59.1 Å². The van der Waals surface area contributed by atoms with E-state index >= 15 is 0 Å². The minimum absolute atomic E-state index is 0.0517. The normalized spacial score (nSPS) is 11.4. The van der Waals surface area contributed by atoms with Crippen molar-refractivity contribution in [3.8, 4) is 11.4 Å². The molecule has 3 rings (SSSR count). The van der Waals surface area contributed by atoms with Crippen LogP contribution in [0.2, 0.25) is 5.02 Å². The van der Waals surface area contributed by atoms with E-state index in [-0.39, 0.29) is 18.1 Å². The molecule has 0 aliphatic carbocycles. The number of ether oxygens (including phenoxy) is 1. The molecule has 0 spiro atoms. The summed E-state index contributed by atoms with van der Waals surface area (Å²) in [6, 6.07) is 15.1. The summed E-state index contributed by atoms with van der Waals surface area (Å²) in [5.41, 5.74) is 1.51. The van der Waals surface area contributed by atoms with Crippen LogP contribution in [0, 0.1) is 0 Å². The maximum Gasteiger partial charge on any atom is 0.258 e. The number of benzene rings is 2. The molecule has 1 amide bonds. The summed E-state index contributed by atoms with van der Waals surface area (Å²) in [5, 5.41) is 19.6. The monoisotopic (exact) mass is 474 g/mol. The van der Waals surface area contributed by atoms with Crippen LogP contribution in [-0.4, -0.2) is 50.6 Å². The number of carbonyl (C=O) groups excluding carboxylic acids is 1. The number of hydrogen-bond acceptors (Lipinski definition) is 7. The maximum absolute atomic E-state index is 12.1. The third-order valence-electron chi connectivity index (χ3n) is 4.16. The Hall–Kier alpha value is -2.62. The fourth-order valence-electron chi connectivity index (χ4n) is 2.86. The highest BCUT2D eigenvalue weighted by molar-refractivity contribution is 7.99. The summed E-state index contributed by atoms with van der Waals surface area (Å²) >= 11 is 7.72. The van der Waals surface area contributed by atoms with Crippen LogP contribution in [0.5, 0.6) is 5.75 Å². The first-order valence-electron chi connectivity index (χ1n) is 10.2. The lowest BCUT2D eigenvalue weighted by atomic mass is 10.1. The van der Waals surface area contributed by atoms with Crippen molar-refractivity contribution in [2.75, 3.05) is 18.9 Å². The van der Waals surface area contributed by atoms with Crippen LogP contribution >= 0.6 is 23.4 Å². The number of nitrogens with zero attached hydrogens (tertiary/aromatic N) is 4. The van der Waals surface area contributed by atoms with Crippen LogP contribution in [0.15, 0.2) is 53.7 Å². The van der Waals surface area contributed by atoms with E-state index in [0.717, 1.165) is 28.7 Å². The molecule has 8 nitrogen and oxygen atoms in total. The van der Waals surface area contributed by atoms with Gasteiger partial charge < -0.3 is 15.4 Å². The fourth-order valence-corrected chi connectivity index (χ4v) is 3.84. The second-order valence-electron chi connectivity index (χ2n) is 8.07. The third-order valence-corrected chi connectivity index (χ3v) is 5.32. The zero-order valence-corrected chi connectivity index (χ0v) is 19.9. The van der Waals surface area contributed by atoms with E-state index in [2.05, 4.69) is 26.2 Å². The number of nitrogens with one attached hydrogen (secondary N) is 2. The number of hydrogen-bond donors (Lipinski definition) is 2. The van der Waals surface area contributed by atoms with Crippen LogP contribution in [-0.2, 0) is 11.3 Å². The number of aromatic nitrogens is 4. The van der Waals surface area contributed by atoms with Gasteiger partial charge in [0.25, 0.3) is 5.91 Å². The van der Waals surface area contributed by atoms with Crippen LogP contribution in [0.25, 0.3) is 5.69 Å². The second kappa shape index (κ2) is 11.3. The number of carbonyl (C=O) groups is 1. The van der Waals surface area contributed by atoms with Gasteiger partial charge in [0.15, 0.2) is 6.61 Å². The Balaban J connectivity index is 1.49. The van der Waals surface area contributed by atoms with Gasteiger partial charge in [0.2, 0.25) is 5.16 Å². The second-order valence-corrected chi connectivity index (χ2v) is 9.57. The van der Waals surface area contributed by atoms with Crippen molar-refractivity contribution in [1.82, 2.24) is 30.8 Å². The van der Waals surface area contributed by atoms with Crippen LogP contribution in [0.1, 0.15) is 26.3 Å². The molecular formula is C22H27ClN6O2S. The Labute approximate surface area is 197 Å². The standard InChI is InChI=1S/C22H27ClN6O2S/c1-22(2,3)25-20(30)15-31-19-10-9-17(23)13-16(19)14-24-11-12-32-21-26-27-28-29(21)18-7-5-4-6-8-18/h4-10,13,24H,11-12,14-15H2,1-3H3,(H,25,30). The molecule has 0 aliphatic heterocycles. The van der Waals surface area contributed by atoms with Crippen LogP contribution < -0.4 is 15.4 Å². The first-order chi connectivity index (χ1) is 15.3. The zero-order valence-electron chi connectivity index (χ0n) is 18.3. The first-order valence-corrected chi connectivity index (χ1v) is 11.6. The van der Waals surface area contributed by atoms with Gasteiger partial charge >= 0.3 is 0 Å². The summed E-state index contributed by atoms with van der Waals surface area (Å²) in [5.74, 6) is 1.24. The first kappa shape index (κ1) is 24.0. The van der Waals surface area contributed by atoms with Gasteiger partial charge in [-0.1, -0.05) is 41.6 Å². The average Bonchev–Trinajstić information content (AvgIpc) is 3.21. The molecule has 1 heterocycles. The molecule has 0 aliphatic rings. The minimum atomic E-state index is -0.303. The highest BCUT2D eigenvalue weighted by Crippen LogP contribution is 2.23. The molecule has 3 aromatic rings. The molecule has 0 bridgehead atoms. The molecule has 32 heavy (non-hydrogen) atoms. The molecule has 0 unspecified atom stereocenters. The van der Waals surface area contributed by atoms with E-state index in [1.165, 1.54) is 0 Å². The average molecular weight is 475 g/mol. The van der Waals surface area contributed by atoms with E-state index in [0.29, 0.717) is 17.3 Å². The number of amides is 1. The summed E-state index contributed by atoms with van der Waals surface area (Å²) in [7, 11) is 0. The Morgan fingerprint density at radius 2 is 1.97 bits per heavy atom. The van der Waals surface area contributed by atoms with Gasteiger partial charge in [0.1, 0.15) is 5.75 Å². The SMILES string of the molecule is CC(C)(C)NC(=O)COc1ccc(Cl)cc1CNCCSc1nnnn1-c1ccccc1. The molecule has 2 aromatic carbocycles. The van der Waals surface area contributed by atoms with E-state index in [1.54, 1.807) is 28.6 Å². The maximum atomic E-state index is 12.1. The summed E-state index contributed by atoms with van der Waals surface area (Å²) < 4.78 is 7.45. The largest absolute Gasteiger partial charge is 0.483 e. The van der Waals surface area contributed by atoms with Gasteiger partial charge in [-0.15, -0.1) is 5.10 Å². The molecule has 1 aromatic heterocycles. The van der Waals surface area contributed by atoms with E-state index < -0.39 is 0 Å². The summed E-state index contributed by atoms with van der Waals surface area (Å²) in [6.07, 6.45) is 0. The molecular weight excluding hydrogens is 448 g/mol. The topological polar surface area (TPSA) is 94.0 Å². The van der Waals surface area contributed by atoms with Crippen molar-refractivity contribution in [1.29, 1.82) is 0 Å². The van der Waals surface area contributed by atoms with Gasteiger partial charge in [0, 0.05) is 35.0 Å². The van der Waals surface area contributed by atoms with Crippen molar-refractivity contribution in [3.63, 3.8) is 0 Å². The molecule has 170 valence electrons. The molecule has 10 heteroatoms. The minimum Gasteiger partial charge on any atom is -0.483 e. The lowest BCUT2D eigenvalue weighted by molar-refractivity contribution is -0.124. The van der Waals surface area contributed by atoms with Crippen molar-refractivity contribution in [2.24, 2.45) is 0 Å².